The molecule has 0 radical (unpaired) electrons. The monoisotopic (exact) mass is 401 g/mol. The van der Waals surface area contributed by atoms with Gasteiger partial charge in [0.25, 0.3) is 5.56 Å². The summed E-state index contributed by atoms with van der Waals surface area (Å²) in [5.41, 5.74) is 1.16. The molecule has 3 aromatic rings. The first kappa shape index (κ1) is 18.8. The summed E-state index contributed by atoms with van der Waals surface area (Å²) in [7, 11) is 0. The van der Waals surface area contributed by atoms with Crippen molar-refractivity contribution in [2.75, 3.05) is 6.54 Å². The third-order valence-corrected chi connectivity index (χ3v) is 6.18. The first-order valence-electron chi connectivity index (χ1n) is 9.67. The maximum atomic E-state index is 12.9. The van der Waals surface area contributed by atoms with Gasteiger partial charge >= 0.3 is 0 Å². The number of fused-ring (bicyclic) bond motifs is 3. The van der Waals surface area contributed by atoms with E-state index in [0.717, 1.165) is 35.9 Å². The molecule has 0 aliphatic heterocycles. The van der Waals surface area contributed by atoms with Crippen LogP contribution in [0.1, 0.15) is 47.8 Å². The third-order valence-electron chi connectivity index (χ3n) is 4.98. The number of hydrogen-bond donors (Lipinski definition) is 1. The highest BCUT2D eigenvalue weighted by atomic mass is 32.1. The number of aromatic nitrogens is 4. The van der Waals surface area contributed by atoms with Gasteiger partial charge in [-0.3, -0.25) is 14.2 Å². The van der Waals surface area contributed by atoms with Crippen molar-refractivity contribution in [3.8, 4) is 0 Å². The van der Waals surface area contributed by atoms with Crippen LogP contribution in [0.25, 0.3) is 10.2 Å². The summed E-state index contributed by atoms with van der Waals surface area (Å²) >= 11 is 1.64. The molecule has 0 unspecified atom stereocenters. The summed E-state index contributed by atoms with van der Waals surface area (Å²) in [5, 5.41) is 7.37. The number of nitrogens with one attached hydrogen (secondary N) is 1. The molecule has 148 valence electrons. The number of nitrogens with zero attached hydrogens (tertiary/aromatic N) is 4. The van der Waals surface area contributed by atoms with Crippen molar-refractivity contribution in [1.29, 1.82) is 0 Å². The SMILES string of the molecule is Cc1noc(CCCNC(=O)CCn2cnc3sc4c(c3c2=O)CCCC4)n1. The van der Waals surface area contributed by atoms with E-state index in [1.165, 1.54) is 16.9 Å². The first-order chi connectivity index (χ1) is 13.6. The minimum atomic E-state index is -0.0824. The number of carbonyl (C=O) groups is 1. The third kappa shape index (κ3) is 3.99. The Kier molecular flexibility index (Phi) is 5.52. The van der Waals surface area contributed by atoms with E-state index < -0.39 is 0 Å². The van der Waals surface area contributed by atoms with Gasteiger partial charge in [-0.25, -0.2) is 4.98 Å². The molecule has 0 saturated heterocycles. The van der Waals surface area contributed by atoms with Crippen molar-refractivity contribution < 1.29 is 9.32 Å². The molecule has 9 heteroatoms. The maximum absolute atomic E-state index is 12.9. The molecular formula is C19H23N5O3S. The highest BCUT2D eigenvalue weighted by Gasteiger charge is 2.20. The molecule has 28 heavy (non-hydrogen) atoms. The zero-order valence-electron chi connectivity index (χ0n) is 15.9. The van der Waals surface area contributed by atoms with Crippen LogP contribution in [0, 0.1) is 6.92 Å². The van der Waals surface area contributed by atoms with Crippen LogP contribution in [0.3, 0.4) is 0 Å². The molecule has 1 N–H and O–H groups in total. The van der Waals surface area contributed by atoms with Crippen LogP contribution in [-0.2, 0) is 30.6 Å². The molecule has 4 rings (SSSR count). The van der Waals surface area contributed by atoms with Gasteiger partial charge in [-0.2, -0.15) is 4.98 Å². The van der Waals surface area contributed by atoms with Gasteiger partial charge in [0, 0.05) is 30.8 Å². The smallest absolute Gasteiger partial charge is 0.262 e. The van der Waals surface area contributed by atoms with E-state index in [9.17, 15) is 9.59 Å². The molecule has 8 nitrogen and oxygen atoms in total. The average molecular weight is 401 g/mol. The number of carbonyl (C=O) groups excluding carboxylic acids is 1. The fraction of sp³-hybridized carbons (Fsp3) is 0.526. The lowest BCUT2D eigenvalue weighted by Gasteiger charge is -2.10. The second-order valence-corrected chi connectivity index (χ2v) is 8.16. The normalized spacial score (nSPS) is 13.6. The molecule has 3 heterocycles. The highest BCUT2D eigenvalue weighted by Crippen LogP contribution is 2.33. The van der Waals surface area contributed by atoms with Crippen LogP contribution in [0.5, 0.6) is 0 Å². The Morgan fingerprint density at radius 1 is 1.36 bits per heavy atom. The van der Waals surface area contributed by atoms with E-state index in [0.29, 0.717) is 31.2 Å². The zero-order chi connectivity index (χ0) is 19.5. The number of rotatable bonds is 7. The van der Waals surface area contributed by atoms with Crippen molar-refractivity contribution >= 4 is 27.5 Å². The van der Waals surface area contributed by atoms with E-state index in [-0.39, 0.29) is 17.9 Å². The van der Waals surface area contributed by atoms with Crippen molar-refractivity contribution in [2.24, 2.45) is 0 Å². The molecule has 0 aromatic carbocycles. The lowest BCUT2D eigenvalue weighted by Crippen LogP contribution is -2.28. The molecule has 0 bridgehead atoms. The minimum Gasteiger partial charge on any atom is -0.356 e. The quantitative estimate of drug-likeness (QED) is 0.609. The molecule has 0 saturated carbocycles. The molecule has 0 spiro atoms. The van der Waals surface area contributed by atoms with E-state index in [2.05, 4.69) is 20.4 Å². The van der Waals surface area contributed by atoms with Crippen molar-refractivity contribution in [2.45, 2.75) is 58.4 Å². The Morgan fingerprint density at radius 3 is 3.04 bits per heavy atom. The van der Waals surface area contributed by atoms with Gasteiger partial charge in [-0.15, -0.1) is 11.3 Å². The molecular weight excluding hydrogens is 378 g/mol. The Labute approximate surface area is 166 Å². The van der Waals surface area contributed by atoms with E-state index in [4.69, 9.17) is 4.52 Å². The molecule has 1 aliphatic rings. The Morgan fingerprint density at radius 2 is 2.21 bits per heavy atom. The van der Waals surface area contributed by atoms with Crippen LogP contribution in [0.2, 0.25) is 0 Å². The Hall–Kier alpha value is -2.55. The molecule has 0 fully saturated rings. The number of aryl methyl sites for hydroxylation is 5. The van der Waals surface area contributed by atoms with Crippen LogP contribution in [0.4, 0.5) is 0 Å². The van der Waals surface area contributed by atoms with Gasteiger partial charge < -0.3 is 9.84 Å². The topological polar surface area (TPSA) is 103 Å². The van der Waals surface area contributed by atoms with Crippen LogP contribution < -0.4 is 10.9 Å². The standard InChI is InChI=1S/C19H23N5O3S/c1-12-22-16(27-23-12)7-4-9-20-15(25)8-10-24-11-21-18-17(19(24)26)13-5-2-3-6-14(13)28-18/h11H,2-10H2,1H3,(H,20,25). The predicted molar refractivity (Wildman–Crippen MR) is 106 cm³/mol. The predicted octanol–water partition coefficient (Wildman–Crippen LogP) is 2.17. The zero-order valence-corrected chi connectivity index (χ0v) is 16.7. The van der Waals surface area contributed by atoms with Gasteiger partial charge in [0.05, 0.1) is 11.7 Å². The van der Waals surface area contributed by atoms with Crippen LogP contribution in [0.15, 0.2) is 15.6 Å². The fourth-order valence-corrected chi connectivity index (χ4v) is 4.78. The van der Waals surface area contributed by atoms with Gasteiger partial charge in [0.2, 0.25) is 11.8 Å². The highest BCUT2D eigenvalue weighted by molar-refractivity contribution is 7.18. The molecule has 3 aromatic heterocycles. The second kappa shape index (κ2) is 8.22. The molecule has 0 atom stereocenters. The summed E-state index contributed by atoms with van der Waals surface area (Å²) in [6, 6.07) is 0. The van der Waals surface area contributed by atoms with Gasteiger partial charge in [-0.05, 0) is 44.6 Å². The molecule has 1 aliphatic carbocycles. The van der Waals surface area contributed by atoms with Gasteiger partial charge in [0.15, 0.2) is 5.82 Å². The van der Waals surface area contributed by atoms with E-state index in [1.807, 2.05) is 0 Å². The fourth-order valence-electron chi connectivity index (χ4n) is 3.56. The lowest BCUT2D eigenvalue weighted by atomic mass is 9.97. The number of amides is 1. The maximum Gasteiger partial charge on any atom is 0.262 e. The summed E-state index contributed by atoms with van der Waals surface area (Å²) < 4.78 is 6.60. The minimum absolute atomic E-state index is 0.0241. The first-order valence-corrected chi connectivity index (χ1v) is 10.5. The lowest BCUT2D eigenvalue weighted by molar-refractivity contribution is -0.121. The Balaban J connectivity index is 1.31. The van der Waals surface area contributed by atoms with E-state index in [1.54, 1.807) is 29.2 Å². The summed E-state index contributed by atoms with van der Waals surface area (Å²) in [6.45, 7) is 2.64. The van der Waals surface area contributed by atoms with Crippen LogP contribution >= 0.6 is 11.3 Å². The van der Waals surface area contributed by atoms with Gasteiger partial charge in [-0.1, -0.05) is 5.16 Å². The second-order valence-electron chi connectivity index (χ2n) is 7.07. The van der Waals surface area contributed by atoms with Crippen molar-refractivity contribution in [3.05, 3.63) is 38.8 Å². The van der Waals surface area contributed by atoms with Crippen LogP contribution in [-0.4, -0.2) is 32.1 Å². The molecule has 1 amide bonds. The summed E-state index contributed by atoms with van der Waals surface area (Å²) in [6.07, 6.45) is 7.47. The van der Waals surface area contributed by atoms with Gasteiger partial charge in [0.1, 0.15) is 4.83 Å². The summed E-state index contributed by atoms with van der Waals surface area (Å²) in [4.78, 5) is 35.7. The average Bonchev–Trinajstić information content (AvgIpc) is 3.28. The van der Waals surface area contributed by atoms with Crippen molar-refractivity contribution in [1.82, 2.24) is 25.0 Å². The number of thiophene rings is 1. The number of hydrogen-bond acceptors (Lipinski definition) is 7. The van der Waals surface area contributed by atoms with Crippen molar-refractivity contribution in [3.63, 3.8) is 0 Å². The van der Waals surface area contributed by atoms with E-state index >= 15 is 0 Å². The summed E-state index contributed by atoms with van der Waals surface area (Å²) in [5.74, 6) is 1.11. The Bertz CT molecular complexity index is 1050. The largest absolute Gasteiger partial charge is 0.356 e.